The number of aryl methyl sites for hydroxylation is 1. The summed E-state index contributed by atoms with van der Waals surface area (Å²) in [5.74, 6) is -5.23. The van der Waals surface area contributed by atoms with E-state index in [0.29, 0.717) is 114 Å². The molecular formula is C101H62Cl6F4N10O10. The predicted octanol–water partition coefficient (Wildman–Crippen LogP) is 28.5. The molecule has 0 radical (unpaired) electrons. The molecule has 0 fully saturated rings. The van der Waals surface area contributed by atoms with E-state index in [1.54, 1.807) is 121 Å². The fraction of sp³-hybridized carbons (Fsp3) is 0.00990. The van der Waals surface area contributed by atoms with E-state index in [1.807, 2.05) is 128 Å². The Morgan fingerprint density at radius 3 is 0.779 bits per heavy atom. The van der Waals surface area contributed by atoms with Crippen LogP contribution in [0, 0.1) is 30.2 Å². The van der Waals surface area contributed by atoms with Gasteiger partial charge in [-0.3, -0.25) is 24.0 Å². The molecule has 0 aliphatic rings. The highest BCUT2D eigenvalue weighted by Gasteiger charge is 2.22. The SMILES string of the molecule is Cc1ccc(C(=O)Nc2ccc(-c3cc4ocnc4cc3Cl)cc2)cc1.O=C(Nc1ccc(-c2cc3ocnc3cc2Cl)cc1)c1c(F)cccc1F.O=C(Nc1ccc(-c2cc3ocnc3cc2Cl)cc1)c1ccccc1Cl.O=C(Nc1ccc(-c2cc3ocnc3cc2Cl)cc1)c1ccccc1F.O=C(Nc1ccc(-c2cc3ocnc3cc2Cl)cc1)c1ccccc1F. The molecule has 0 aliphatic carbocycles. The fourth-order valence-electron chi connectivity index (χ4n) is 13.5. The van der Waals surface area contributed by atoms with Crippen molar-refractivity contribution < 1.29 is 63.6 Å². The molecule has 15 aromatic carbocycles. The summed E-state index contributed by atoms with van der Waals surface area (Å²) in [5.41, 5.74) is 19.5. The molecule has 5 heterocycles. The first-order valence-corrected chi connectivity index (χ1v) is 41.7. The first kappa shape index (κ1) is 88.9. The molecule has 0 bridgehead atoms. The van der Waals surface area contributed by atoms with Gasteiger partial charge in [-0.15, -0.1) is 0 Å². The van der Waals surface area contributed by atoms with Crippen LogP contribution < -0.4 is 26.6 Å². The number of anilines is 5. The molecule has 0 saturated heterocycles. The van der Waals surface area contributed by atoms with Crippen LogP contribution in [0.2, 0.25) is 30.1 Å². The summed E-state index contributed by atoms with van der Waals surface area (Å²) >= 11 is 37.7. The molecule has 30 heteroatoms. The van der Waals surface area contributed by atoms with E-state index >= 15 is 0 Å². The number of benzene rings is 15. The van der Waals surface area contributed by atoms with Gasteiger partial charge in [-0.2, -0.15) is 0 Å². The summed E-state index contributed by atoms with van der Waals surface area (Å²) in [6, 6.07) is 83.0. The van der Waals surface area contributed by atoms with Gasteiger partial charge in [-0.05, 0) is 217 Å². The highest BCUT2D eigenvalue weighted by atomic mass is 35.5. The lowest BCUT2D eigenvalue weighted by molar-refractivity contribution is 0.101. The van der Waals surface area contributed by atoms with E-state index in [1.165, 1.54) is 74.4 Å². The summed E-state index contributed by atoms with van der Waals surface area (Å²) in [7, 11) is 0. The highest BCUT2D eigenvalue weighted by Crippen LogP contribution is 2.39. The molecule has 131 heavy (non-hydrogen) atoms. The largest absolute Gasteiger partial charge is 0.443 e. The predicted molar refractivity (Wildman–Crippen MR) is 504 cm³/mol. The van der Waals surface area contributed by atoms with Gasteiger partial charge < -0.3 is 48.7 Å². The van der Waals surface area contributed by atoms with E-state index in [9.17, 15) is 41.5 Å². The Bertz CT molecular complexity index is 7210. The van der Waals surface area contributed by atoms with Gasteiger partial charge in [0.1, 0.15) is 56.4 Å². The number of nitrogens with zero attached hydrogens (tertiary/aromatic N) is 5. The lowest BCUT2D eigenvalue weighted by Crippen LogP contribution is -2.15. The van der Waals surface area contributed by atoms with Crippen LogP contribution >= 0.6 is 69.6 Å². The van der Waals surface area contributed by atoms with Gasteiger partial charge in [0.25, 0.3) is 29.5 Å². The molecule has 0 saturated carbocycles. The quantitative estimate of drug-likeness (QED) is 0.0597. The zero-order valence-corrected chi connectivity index (χ0v) is 72.3. The van der Waals surface area contributed by atoms with Gasteiger partial charge >= 0.3 is 0 Å². The third kappa shape index (κ3) is 21.2. The number of hydrogen-bond donors (Lipinski definition) is 5. The van der Waals surface area contributed by atoms with Crippen molar-refractivity contribution >= 4 is 183 Å². The summed E-state index contributed by atoms with van der Waals surface area (Å²) in [6.07, 6.45) is 6.86. The lowest BCUT2D eigenvalue weighted by atomic mass is 10.0. The molecule has 20 aromatic rings. The minimum absolute atomic E-state index is 0.00427. The van der Waals surface area contributed by atoms with E-state index in [-0.39, 0.29) is 22.9 Å². The zero-order chi connectivity index (χ0) is 91.3. The lowest BCUT2D eigenvalue weighted by Gasteiger charge is -2.09. The van der Waals surface area contributed by atoms with Crippen molar-refractivity contribution in [2.24, 2.45) is 0 Å². The zero-order valence-electron chi connectivity index (χ0n) is 67.8. The fourth-order valence-corrected chi connectivity index (χ4v) is 15.1. The Kier molecular flexibility index (Phi) is 27.3. The van der Waals surface area contributed by atoms with Gasteiger partial charge in [0, 0.05) is 61.8 Å². The van der Waals surface area contributed by atoms with Crippen molar-refractivity contribution in [1.82, 2.24) is 24.9 Å². The van der Waals surface area contributed by atoms with Gasteiger partial charge in [-0.1, -0.05) is 190 Å². The number of halogens is 10. The van der Waals surface area contributed by atoms with Crippen molar-refractivity contribution in [2.75, 3.05) is 26.6 Å². The van der Waals surface area contributed by atoms with Crippen LogP contribution in [0.25, 0.3) is 111 Å². The maximum absolute atomic E-state index is 13.7. The van der Waals surface area contributed by atoms with Crippen LogP contribution in [0.4, 0.5) is 46.0 Å². The summed E-state index contributed by atoms with van der Waals surface area (Å²) in [6.45, 7) is 1.99. The van der Waals surface area contributed by atoms with E-state index in [0.717, 1.165) is 84.5 Å². The summed E-state index contributed by atoms with van der Waals surface area (Å²) in [5, 5.41) is 16.8. The van der Waals surface area contributed by atoms with Crippen molar-refractivity contribution in [1.29, 1.82) is 0 Å². The average Bonchev–Trinajstić information content (AvgIpc) is 1.68. The first-order valence-electron chi connectivity index (χ1n) is 39.4. The monoisotopic (exact) mass is 1860 g/mol. The third-order valence-corrected chi connectivity index (χ3v) is 22.1. The smallest absolute Gasteiger partial charge is 0.261 e. The van der Waals surface area contributed by atoms with E-state index < -0.39 is 46.6 Å². The Morgan fingerprint density at radius 1 is 0.252 bits per heavy atom. The standard InChI is InChI=1S/C21H15ClN2O2.C20H12Cl2N2O2.C20H11ClF2N2O2.2C20H12ClFN2O2/c1-13-2-4-15(5-3-13)21(25)24-16-8-6-14(7-9-16)17-10-20-19(11-18(17)22)23-12-26-20;21-16-4-2-1-3-14(16)20(25)24-13-7-5-12(6-8-13)15-9-19-18(10-17(15)22)23-11-26-19;21-14-9-17-18(27-10-24-17)8-13(14)11-4-6-12(7-5-11)25-20(26)19-15(22)2-1-3-16(19)23;2*21-16-10-18-19(26-11-23-18)9-15(16)12-5-7-13(8-6-12)24-20(25)14-3-1-2-4-17(14)22/h2-12H,1H3,(H,24,25);1-11H,(H,24,25);1-10H,(H,25,26);2*1-11H,(H,24,25). The van der Waals surface area contributed by atoms with Gasteiger partial charge in [0.05, 0.1) is 46.8 Å². The maximum Gasteiger partial charge on any atom is 0.261 e. The van der Waals surface area contributed by atoms with Gasteiger partial charge in [0.2, 0.25) is 0 Å². The van der Waals surface area contributed by atoms with Crippen molar-refractivity contribution in [2.45, 2.75) is 6.92 Å². The topological polar surface area (TPSA) is 276 Å². The second kappa shape index (κ2) is 40.2. The number of aromatic nitrogens is 5. The van der Waals surface area contributed by atoms with Crippen LogP contribution in [-0.4, -0.2) is 54.5 Å². The number of nitrogens with one attached hydrogen (secondary N) is 5. The molecule has 0 aliphatic heterocycles. The van der Waals surface area contributed by atoms with Gasteiger partial charge in [0.15, 0.2) is 59.9 Å². The van der Waals surface area contributed by atoms with E-state index in [2.05, 4.69) is 51.5 Å². The first-order chi connectivity index (χ1) is 63.5. The molecule has 0 unspecified atom stereocenters. The molecule has 0 spiro atoms. The number of oxazole rings is 5. The van der Waals surface area contributed by atoms with Crippen LogP contribution in [0.1, 0.15) is 57.4 Å². The number of hydrogen-bond acceptors (Lipinski definition) is 15. The molecule has 646 valence electrons. The molecular weight excluding hydrogens is 1800 g/mol. The maximum atomic E-state index is 13.7. The van der Waals surface area contributed by atoms with Crippen LogP contribution in [0.5, 0.6) is 0 Å². The summed E-state index contributed by atoms with van der Waals surface area (Å²) < 4.78 is 81.4. The number of rotatable bonds is 15. The number of carbonyl (C=O) groups excluding carboxylic acids is 5. The molecule has 5 amide bonds. The number of fused-ring (bicyclic) bond motifs is 5. The normalized spacial score (nSPS) is 10.9. The van der Waals surface area contributed by atoms with Crippen LogP contribution in [0.3, 0.4) is 0 Å². The molecule has 5 aromatic heterocycles. The number of carbonyl (C=O) groups is 5. The Labute approximate surface area is 771 Å². The minimum atomic E-state index is -0.920. The Morgan fingerprint density at radius 2 is 0.496 bits per heavy atom. The van der Waals surface area contributed by atoms with Crippen molar-refractivity contribution in [3.8, 4) is 55.6 Å². The van der Waals surface area contributed by atoms with E-state index in [4.69, 9.17) is 91.7 Å². The molecule has 20 nitrogen and oxygen atoms in total. The third-order valence-electron chi connectivity index (χ3n) is 20.2. The van der Waals surface area contributed by atoms with Gasteiger partial charge in [-0.25, -0.2) is 42.5 Å². The number of amides is 5. The Hall–Kier alpha value is -15.5. The second-order valence-corrected chi connectivity index (χ2v) is 31.3. The average molecular weight is 1860 g/mol. The highest BCUT2D eigenvalue weighted by molar-refractivity contribution is 6.37. The minimum Gasteiger partial charge on any atom is -0.443 e. The van der Waals surface area contributed by atoms with Crippen LogP contribution in [-0.2, 0) is 0 Å². The van der Waals surface area contributed by atoms with Crippen molar-refractivity contribution in [3.63, 3.8) is 0 Å². The molecule has 5 N–H and O–H groups in total. The second-order valence-electron chi connectivity index (χ2n) is 28.8. The Balaban J connectivity index is 0.000000120. The van der Waals surface area contributed by atoms with Crippen molar-refractivity contribution in [3.05, 3.63) is 416 Å². The molecule has 0 atom stereocenters. The summed E-state index contributed by atoms with van der Waals surface area (Å²) in [4.78, 5) is 81.5. The molecule has 20 rings (SSSR count). The van der Waals surface area contributed by atoms with Crippen LogP contribution in [0.15, 0.2) is 351 Å².